The molecule has 2 N–H and O–H groups in total. The largest absolute Gasteiger partial charge is 1.00 e. The maximum absolute atomic E-state index is 5.96. The lowest BCUT2D eigenvalue weighted by atomic mass is 10.2. The lowest BCUT2D eigenvalue weighted by Gasteiger charge is -2.04. The molecule has 0 bridgehead atoms. The molecule has 0 spiro atoms. The van der Waals surface area contributed by atoms with Gasteiger partial charge in [0.15, 0.2) is 12.3 Å². The van der Waals surface area contributed by atoms with Crippen LogP contribution in [0.3, 0.4) is 0 Å². The Kier molecular flexibility index (Phi) is 8.21. The van der Waals surface area contributed by atoms with Gasteiger partial charge < -0.3 is 27.0 Å². The number of hydrazone groups is 1. The quantitative estimate of drug-likeness (QED) is 0.259. The van der Waals surface area contributed by atoms with Crippen LogP contribution in [0.1, 0.15) is 17.0 Å². The number of imidazole rings is 1. The van der Waals surface area contributed by atoms with Gasteiger partial charge in [-0.1, -0.05) is 6.07 Å². The van der Waals surface area contributed by atoms with Crippen molar-refractivity contribution < 1.29 is 26.1 Å². The van der Waals surface area contributed by atoms with Crippen LogP contribution in [-0.4, -0.2) is 29.8 Å². The molecule has 0 unspecified atom stereocenters. The number of fused-ring (bicyclic) bond motifs is 1. The number of guanidine groups is 1. The molecule has 154 valence electrons. The van der Waals surface area contributed by atoms with Gasteiger partial charge in [0, 0.05) is 12.6 Å². The zero-order chi connectivity index (χ0) is 18.6. The highest BCUT2D eigenvalue weighted by Gasteiger charge is 2.15. The van der Waals surface area contributed by atoms with E-state index in [0.717, 1.165) is 35.7 Å². The second kappa shape index (κ2) is 10.4. The number of ether oxygens (including phenoxy) is 1. The second-order valence-electron chi connectivity index (χ2n) is 6.46. The van der Waals surface area contributed by atoms with E-state index in [1.165, 1.54) is 5.69 Å². The van der Waals surface area contributed by atoms with Crippen LogP contribution in [-0.2, 0) is 13.7 Å². The predicted molar refractivity (Wildman–Crippen MR) is 115 cm³/mol. The first kappa shape index (κ1) is 22.9. The van der Waals surface area contributed by atoms with Crippen molar-refractivity contribution in [3.63, 3.8) is 0 Å². The number of aromatic nitrogens is 2. The van der Waals surface area contributed by atoms with Gasteiger partial charge in [-0.15, -0.1) is 17.0 Å². The lowest BCUT2D eigenvalue weighted by Crippen LogP contribution is -3.00. The molecule has 0 amide bonds. The second-order valence-corrected chi connectivity index (χ2v) is 6.46. The minimum absolute atomic E-state index is 0. The molecule has 1 aliphatic rings. The van der Waals surface area contributed by atoms with Crippen LogP contribution in [0.5, 0.6) is 5.75 Å². The van der Waals surface area contributed by atoms with E-state index >= 15 is 0 Å². The highest BCUT2D eigenvalue weighted by atomic mass is 79.9. The van der Waals surface area contributed by atoms with Gasteiger partial charge in [-0.3, -0.25) is 0 Å². The average molecular weight is 524 g/mol. The van der Waals surface area contributed by atoms with Crippen molar-refractivity contribution in [2.45, 2.75) is 13.5 Å². The number of hydrogen-bond donors (Lipinski definition) is 2. The van der Waals surface area contributed by atoms with Crippen LogP contribution in [0, 0.1) is 6.92 Å². The fourth-order valence-corrected chi connectivity index (χ4v) is 3.02. The molecule has 1 aliphatic heterocycles. The molecule has 29 heavy (non-hydrogen) atoms. The maximum atomic E-state index is 5.96. The van der Waals surface area contributed by atoms with Crippen molar-refractivity contribution in [2.75, 3.05) is 13.1 Å². The number of benzene rings is 1. The molecule has 0 aliphatic carbocycles. The smallest absolute Gasteiger partial charge is 0.286 e. The predicted octanol–water partition coefficient (Wildman–Crippen LogP) is -0.884. The summed E-state index contributed by atoms with van der Waals surface area (Å²) in [6.45, 7) is 4.26. The number of halogens is 2. The summed E-state index contributed by atoms with van der Waals surface area (Å²) in [6, 6.07) is 14.1. The number of aliphatic imine (C=N–C) groups is 1. The number of rotatable bonds is 5. The van der Waals surface area contributed by atoms with Crippen LogP contribution in [0.15, 0.2) is 58.8 Å². The zero-order valence-corrected chi connectivity index (χ0v) is 19.6. The van der Waals surface area contributed by atoms with Crippen LogP contribution in [0.4, 0.5) is 0 Å². The third kappa shape index (κ3) is 5.36. The Morgan fingerprint density at radius 1 is 1.28 bits per heavy atom. The first-order valence-corrected chi connectivity index (χ1v) is 8.96. The Hall–Kier alpha value is -2.39. The van der Waals surface area contributed by atoms with Gasteiger partial charge in [0.2, 0.25) is 5.96 Å². The Morgan fingerprint density at radius 3 is 2.76 bits per heavy atom. The number of pyridine rings is 1. The Bertz CT molecular complexity index is 1010. The van der Waals surface area contributed by atoms with E-state index in [9.17, 15) is 0 Å². The van der Waals surface area contributed by atoms with Crippen molar-refractivity contribution in [3.05, 3.63) is 65.6 Å². The fraction of sp³-hybridized carbons (Fsp3) is 0.250. The highest BCUT2D eigenvalue weighted by Crippen LogP contribution is 2.14. The summed E-state index contributed by atoms with van der Waals surface area (Å²) in [6.07, 6.45) is 3.88. The Balaban J connectivity index is 0.00000150. The molecule has 0 saturated carbocycles. The van der Waals surface area contributed by atoms with Gasteiger partial charge in [0.25, 0.3) is 5.65 Å². The molecule has 3 heterocycles. The molecule has 0 atom stereocenters. The molecule has 4 rings (SSSR count). The van der Waals surface area contributed by atoms with Gasteiger partial charge in [0.1, 0.15) is 17.6 Å². The summed E-state index contributed by atoms with van der Waals surface area (Å²) >= 11 is 0. The molecule has 0 radical (unpaired) electrons. The number of nitrogens with one attached hydrogen (secondary N) is 2. The van der Waals surface area contributed by atoms with E-state index in [1.54, 1.807) is 6.21 Å². The highest BCUT2D eigenvalue weighted by molar-refractivity contribution is 8.93. The maximum Gasteiger partial charge on any atom is 0.286 e. The summed E-state index contributed by atoms with van der Waals surface area (Å²) in [5, 5.41) is 7.28. The lowest BCUT2D eigenvalue weighted by molar-refractivity contribution is -0.518. The van der Waals surface area contributed by atoms with Crippen molar-refractivity contribution in [2.24, 2.45) is 17.1 Å². The van der Waals surface area contributed by atoms with E-state index in [2.05, 4.69) is 68.2 Å². The summed E-state index contributed by atoms with van der Waals surface area (Å²) in [5.74, 6) is 1.54. The summed E-state index contributed by atoms with van der Waals surface area (Å²) in [5.41, 5.74) is 7.34. The topological polar surface area (TPSA) is 67.0 Å². The Morgan fingerprint density at radius 2 is 2.07 bits per heavy atom. The van der Waals surface area contributed by atoms with E-state index in [4.69, 9.17) is 4.74 Å². The zero-order valence-electron chi connectivity index (χ0n) is 16.3. The molecule has 1 aromatic carbocycles. The van der Waals surface area contributed by atoms with Gasteiger partial charge in [-0.05, 0) is 42.8 Å². The molecule has 7 nitrogen and oxygen atoms in total. The van der Waals surface area contributed by atoms with Crippen LogP contribution < -0.4 is 36.9 Å². The van der Waals surface area contributed by atoms with E-state index in [0.29, 0.717) is 12.6 Å². The van der Waals surface area contributed by atoms with E-state index in [-0.39, 0.29) is 34.0 Å². The monoisotopic (exact) mass is 522 g/mol. The SMILES string of the molecule is Br.Cc1cccc2n(C)c(COc3ccc(/C=N/NC4=NCCN4)cc3)c[n+]12.[Br-]. The van der Waals surface area contributed by atoms with Crippen molar-refractivity contribution in [1.29, 1.82) is 0 Å². The van der Waals surface area contributed by atoms with Crippen molar-refractivity contribution >= 4 is 34.8 Å². The molecule has 2 aromatic heterocycles. The first-order valence-electron chi connectivity index (χ1n) is 8.96. The third-order valence-corrected chi connectivity index (χ3v) is 4.59. The third-order valence-electron chi connectivity index (χ3n) is 4.59. The van der Waals surface area contributed by atoms with Crippen LogP contribution in [0.25, 0.3) is 5.65 Å². The standard InChI is InChI=1S/C20H23N6O.2BrH/c1-15-4-3-5-19-25(2)17(13-26(15)19)14-27-18-8-6-16(7-9-18)12-23-24-20-21-10-11-22-20;;/h3-9,12-13H,10-11,14H2,1-2H3,(H2,21,22,24);2*1H/q+1;;/p-1/b23-12+;;. The molecule has 0 fully saturated rings. The number of aryl methyl sites for hydroxylation is 2. The van der Waals surface area contributed by atoms with Gasteiger partial charge in [-0.25, -0.2) is 15.0 Å². The van der Waals surface area contributed by atoms with Crippen LogP contribution >= 0.6 is 17.0 Å². The normalized spacial score (nSPS) is 12.8. The van der Waals surface area contributed by atoms with Gasteiger partial charge in [0.05, 0.1) is 19.8 Å². The van der Waals surface area contributed by atoms with Crippen LogP contribution in [0.2, 0.25) is 0 Å². The van der Waals surface area contributed by atoms with Gasteiger partial charge >= 0.3 is 0 Å². The van der Waals surface area contributed by atoms with E-state index < -0.39 is 0 Å². The molecule has 0 saturated heterocycles. The van der Waals surface area contributed by atoms with E-state index in [1.807, 2.05) is 24.3 Å². The summed E-state index contributed by atoms with van der Waals surface area (Å²) < 4.78 is 10.3. The molecule has 9 heteroatoms. The fourth-order valence-electron chi connectivity index (χ4n) is 3.02. The molecule has 3 aromatic rings. The summed E-state index contributed by atoms with van der Waals surface area (Å²) in [7, 11) is 2.06. The summed E-state index contributed by atoms with van der Waals surface area (Å²) in [4.78, 5) is 4.22. The molecular formula is C20H24Br2N6O. The first-order chi connectivity index (χ1) is 13.2. The average Bonchev–Trinajstić information content (AvgIpc) is 3.31. The van der Waals surface area contributed by atoms with Crippen molar-refractivity contribution in [1.82, 2.24) is 15.3 Å². The number of hydrogen-bond acceptors (Lipinski definition) is 5. The Labute approximate surface area is 191 Å². The van der Waals surface area contributed by atoms with Gasteiger partial charge in [-0.2, -0.15) is 9.50 Å². The minimum atomic E-state index is 0. The molecular weight excluding hydrogens is 500 g/mol. The minimum Gasteiger partial charge on any atom is -1.00 e. The van der Waals surface area contributed by atoms with Crippen molar-refractivity contribution in [3.8, 4) is 5.75 Å². The number of nitrogens with zero attached hydrogens (tertiary/aromatic N) is 4.